The molecule has 4 heterocycles. The number of aliphatic imine (C=N–C) groups is 1. The van der Waals surface area contributed by atoms with Crippen molar-refractivity contribution in [2.24, 2.45) is 4.99 Å². The molecule has 7 heteroatoms. The Balaban J connectivity index is 1.60. The Kier molecular flexibility index (Phi) is 4.62. The highest BCUT2D eigenvalue weighted by molar-refractivity contribution is 7.14. The fraction of sp³-hybridized carbons (Fsp3) is 0.263. The zero-order valence-electron chi connectivity index (χ0n) is 14.8. The van der Waals surface area contributed by atoms with Gasteiger partial charge in [0, 0.05) is 35.4 Å². The van der Waals surface area contributed by atoms with E-state index in [4.69, 9.17) is 4.98 Å². The number of hydrogen-bond acceptors (Lipinski definition) is 7. The molecule has 0 aliphatic carbocycles. The van der Waals surface area contributed by atoms with E-state index in [0.717, 1.165) is 64.6 Å². The summed E-state index contributed by atoms with van der Waals surface area (Å²) < 4.78 is 0. The molecule has 3 aromatic rings. The lowest BCUT2D eigenvalue weighted by Crippen LogP contribution is -2.35. The molecular weight excluding hydrogens is 344 g/mol. The highest BCUT2D eigenvalue weighted by atomic mass is 32.1. The molecule has 0 unspecified atom stereocenters. The second kappa shape index (κ2) is 7.21. The molecule has 0 bridgehead atoms. The maximum atomic E-state index is 4.79. The van der Waals surface area contributed by atoms with Crippen molar-refractivity contribution in [2.45, 2.75) is 20.3 Å². The molecule has 132 valence electrons. The predicted octanol–water partition coefficient (Wildman–Crippen LogP) is 3.65. The third-order valence-electron chi connectivity index (χ3n) is 4.14. The van der Waals surface area contributed by atoms with E-state index in [0.29, 0.717) is 0 Å². The lowest BCUT2D eigenvalue weighted by atomic mass is 10.1. The van der Waals surface area contributed by atoms with Gasteiger partial charge in [0.25, 0.3) is 0 Å². The van der Waals surface area contributed by atoms with Gasteiger partial charge in [0.1, 0.15) is 5.69 Å². The molecule has 0 atom stereocenters. The van der Waals surface area contributed by atoms with Crippen molar-refractivity contribution in [3.63, 3.8) is 0 Å². The topological polar surface area (TPSA) is 75.1 Å². The quantitative estimate of drug-likeness (QED) is 0.742. The number of aromatic nitrogens is 3. The standard InChI is InChI=1S/C19H20N6S/c1-12-7-8-14(13(2)22-12)15-5-3-6-16(23-15)17-11-26-19(24-17)25-18-20-9-4-10-21-18/h3,5-8,11H,4,9-10H2,1-2H3,(H2,20,21,24,25). The molecule has 2 N–H and O–H groups in total. The van der Waals surface area contributed by atoms with Crippen molar-refractivity contribution >= 4 is 22.4 Å². The average Bonchev–Trinajstić information content (AvgIpc) is 3.11. The zero-order valence-corrected chi connectivity index (χ0v) is 15.6. The molecular formula is C19H20N6S. The number of aryl methyl sites for hydroxylation is 2. The minimum atomic E-state index is 0.792. The smallest absolute Gasteiger partial charge is 0.197 e. The SMILES string of the molecule is Cc1ccc(-c2cccc(-c3csc(NC4=NCCCN4)n3)n2)c(C)n1. The maximum absolute atomic E-state index is 4.79. The molecule has 4 rings (SSSR count). The fourth-order valence-electron chi connectivity index (χ4n) is 2.85. The van der Waals surface area contributed by atoms with E-state index in [1.165, 1.54) is 0 Å². The van der Waals surface area contributed by atoms with Crippen LogP contribution in [0, 0.1) is 13.8 Å². The minimum Gasteiger partial charge on any atom is -0.356 e. The molecule has 0 amide bonds. The minimum absolute atomic E-state index is 0.792. The highest BCUT2D eigenvalue weighted by Crippen LogP contribution is 2.27. The molecule has 3 aromatic heterocycles. The fourth-order valence-corrected chi connectivity index (χ4v) is 3.55. The van der Waals surface area contributed by atoms with Crippen LogP contribution < -0.4 is 10.6 Å². The van der Waals surface area contributed by atoms with E-state index < -0.39 is 0 Å². The van der Waals surface area contributed by atoms with Gasteiger partial charge in [-0.25, -0.2) is 9.97 Å². The summed E-state index contributed by atoms with van der Waals surface area (Å²) in [6.45, 7) is 5.80. The number of pyridine rings is 2. The summed E-state index contributed by atoms with van der Waals surface area (Å²) in [4.78, 5) is 18.4. The van der Waals surface area contributed by atoms with Crippen LogP contribution in [-0.4, -0.2) is 34.0 Å². The Labute approximate surface area is 156 Å². The molecule has 26 heavy (non-hydrogen) atoms. The molecule has 0 saturated carbocycles. The number of guanidine groups is 1. The first-order valence-electron chi connectivity index (χ1n) is 8.62. The van der Waals surface area contributed by atoms with E-state index in [1.54, 1.807) is 11.3 Å². The molecule has 0 aromatic carbocycles. The van der Waals surface area contributed by atoms with Crippen LogP contribution in [-0.2, 0) is 0 Å². The number of nitrogens with zero attached hydrogens (tertiary/aromatic N) is 4. The highest BCUT2D eigenvalue weighted by Gasteiger charge is 2.11. The second-order valence-electron chi connectivity index (χ2n) is 6.17. The summed E-state index contributed by atoms with van der Waals surface area (Å²) in [5.74, 6) is 0.792. The van der Waals surface area contributed by atoms with E-state index in [9.17, 15) is 0 Å². The number of nitrogens with one attached hydrogen (secondary N) is 2. The van der Waals surface area contributed by atoms with Crippen LogP contribution in [0.1, 0.15) is 17.8 Å². The summed E-state index contributed by atoms with van der Waals surface area (Å²) in [7, 11) is 0. The molecule has 6 nitrogen and oxygen atoms in total. The normalized spacial score (nSPS) is 13.8. The van der Waals surface area contributed by atoms with Gasteiger partial charge < -0.3 is 10.6 Å². The number of hydrogen-bond donors (Lipinski definition) is 2. The van der Waals surface area contributed by atoms with Gasteiger partial charge in [0.2, 0.25) is 0 Å². The Morgan fingerprint density at radius 3 is 2.69 bits per heavy atom. The number of anilines is 1. The van der Waals surface area contributed by atoms with Crippen LogP contribution in [0.25, 0.3) is 22.6 Å². The molecule has 0 radical (unpaired) electrons. The van der Waals surface area contributed by atoms with Crippen LogP contribution in [0.5, 0.6) is 0 Å². The maximum Gasteiger partial charge on any atom is 0.197 e. The van der Waals surface area contributed by atoms with Crippen LogP contribution in [0.2, 0.25) is 0 Å². The Bertz CT molecular complexity index is 962. The summed E-state index contributed by atoms with van der Waals surface area (Å²) in [5.41, 5.74) is 5.66. The van der Waals surface area contributed by atoms with Gasteiger partial charge in [-0.2, -0.15) is 0 Å². The van der Waals surface area contributed by atoms with Crippen LogP contribution >= 0.6 is 11.3 Å². The van der Waals surface area contributed by atoms with E-state index in [2.05, 4.69) is 31.7 Å². The summed E-state index contributed by atoms with van der Waals surface area (Å²) in [6, 6.07) is 10.1. The first-order chi connectivity index (χ1) is 12.7. The van der Waals surface area contributed by atoms with Gasteiger partial charge in [-0.05, 0) is 44.5 Å². The number of thiazole rings is 1. The van der Waals surface area contributed by atoms with Crippen molar-refractivity contribution in [3.05, 3.63) is 47.1 Å². The Morgan fingerprint density at radius 1 is 1.00 bits per heavy atom. The molecule has 0 fully saturated rings. The molecule has 1 aliphatic rings. The van der Waals surface area contributed by atoms with Gasteiger partial charge in [-0.1, -0.05) is 6.07 Å². The van der Waals surface area contributed by atoms with Crippen LogP contribution in [0.3, 0.4) is 0 Å². The predicted molar refractivity (Wildman–Crippen MR) is 107 cm³/mol. The molecule has 1 aliphatic heterocycles. The first kappa shape index (κ1) is 16.7. The van der Waals surface area contributed by atoms with Gasteiger partial charge in [-0.3, -0.25) is 9.98 Å². The Morgan fingerprint density at radius 2 is 1.88 bits per heavy atom. The largest absolute Gasteiger partial charge is 0.356 e. The lowest BCUT2D eigenvalue weighted by molar-refractivity contribution is 0.740. The van der Waals surface area contributed by atoms with E-state index in [-0.39, 0.29) is 0 Å². The van der Waals surface area contributed by atoms with Crippen LogP contribution in [0.4, 0.5) is 5.13 Å². The van der Waals surface area contributed by atoms with Crippen LogP contribution in [0.15, 0.2) is 40.7 Å². The van der Waals surface area contributed by atoms with Crippen molar-refractivity contribution in [2.75, 3.05) is 18.4 Å². The summed E-state index contributed by atoms with van der Waals surface area (Å²) >= 11 is 1.55. The van der Waals surface area contributed by atoms with Gasteiger partial charge in [0.05, 0.1) is 11.4 Å². The third-order valence-corrected chi connectivity index (χ3v) is 4.90. The first-order valence-corrected chi connectivity index (χ1v) is 9.50. The second-order valence-corrected chi connectivity index (χ2v) is 7.03. The van der Waals surface area contributed by atoms with Crippen molar-refractivity contribution < 1.29 is 0 Å². The third kappa shape index (κ3) is 3.57. The van der Waals surface area contributed by atoms with Crippen molar-refractivity contribution in [1.29, 1.82) is 0 Å². The molecule has 0 saturated heterocycles. The lowest BCUT2D eigenvalue weighted by Gasteiger charge is -2.14. The van der Waals surface area contributed by atoms with Gasteiger partial charge in [-0.15, -0.1) is 11.3 Å². The summed E-state index contributed by atoms with van der Waals surface area (Å²) in [5, 5.41) is 9.31. The monoisotopic (exact) mass is 364 g/mol. The Hall–Kier alpha value is -2.80. The zero-order chi connectivity index (χ0) is 17.9. The summed E-state index contributed by atoms with van der Waals surface area (Å²) in [6.07, 6.45) is 1.07. The average molecular weight is 364 g/mol. The van der Waals surface area contributed by atoms with Gasteiger partial charge >= 0.3 is 0 Å². The van der Waals surface area contributed by atoms with Crippen molar-refractivity contribution in [3.8, 4) is 22.6 Å². The van der Waals surface area contributed by atoms with E-state index in [1.807, 2.05) is 43.5 Å². The van der Waals surface area contributed by atoms with Crippen molar-refractivity contribution in [1.82, 2.24) is 20.3 Å². The van der Waals surface area contributed by atoms with E-state index >= 15 is 0 Å². The number of rotatable bonds is 3. The van der Waals surface area contributed by atoms with Gasteiger partial charge in [0.15, 0.2) is 11.1 Å². The molecule has 0 spiro atoms.